The molecular formula is C8H7F2N3O. The lowest BCUT2D eigenvalue weighted by Crippen LogP contribution is -2.06. The Hall–Kier alpha value is -1.74. The molecule has 0 saturated carbocycles. The molecule has 0 amide bonds. The van der Waals surface area contributed by atoms with E-state index in [2.05, 4.69) is 4.98 Å². The van der Waals surface area contributed by atoms with Crippen molar-refractivity contribution in [2.45, 2.75) is 13.0 Å². The lowest BCUT2D eigenvalue weighted by atomic mass is 10.1. The third-order valence-corrected chi connectivity index (χ3v) is 1.73. The summed E-state index contributed by atoms with van der Waals surface area (Å²) >= 11 is 0. The van der Waals surface area contributed by atoms with Gasteiger partial charge in [-0.25, -0.2) is 13.8 Å². The topological polar surface area (TPSA) is 82.9 Å². The minimum absolute atomic E-state index is 0.133. The van der Waals surface area contributed by atoms with E-state index < -0.39 is 23.4 Å². The first-order chi connectivity index (χ1) is 6.61. The Balaban J connectivity index is 3.46. The van der Waals surface area contributed by atoms with Crippen LogP contribution in [0.3, 0.4) is 0 Å². The zero-order chi connectivity index (χ0) is 10.7. The minimum Gasteiger partial charge on any atom is -0.506 e. The minimum atomic E-state index is -2.87. The van der Waals surface area contributed by atoms with Crippen LogP contribution in [-0.2, 0) is 6.54 Å². The number of rotatable bonds is 2. The molecule has 1 aromatic rings. The second kappa shape index (κ2) is 3.98. The van der Waals surface area contributed by atoms with Crippen molar-refractivity contribution < 1.29 is 13.9 Å². The average molecular weight is 199 g/mol. The molecule has 0 aromatic carbocycles. The number of aromatic nitrogens is 1. The molecular weight excluding hydrogens is 192 g/mol. The van der Waals surface area contributed by atoms with Crippen LogP contribution in [0.1, 0.15) is 23.2 Å². The second-order valence-electron chi connectivity index (χ2n) is 2.50. The van der Waals surface area contributed by atoms with Crippen LogP contribution in [0.25, 0.3) is 0 Å². The summed E-state index contributed by atoms with van der Waals surface area (Å²) in [6.07, 6.45) is -1.94. The van der Waals surface area contributed by atoms with E-state index >= 15 is 0 Å². The van der Waals surface area contributed by atoms with Crippen molar-refractivity contribution >= 4 is 0 Å². The normalized spacial score (nSPS) is 10.2. The molecule has 0 fully saturated rings. The summed E-state index contributed by atoms with van der Waals surface area (Å²) in [5.74, 6) is -0.415. The van der Waals surface area contributed by atoms with E-state index in [0.29, 0.717) is 0 Å². The predicted octanol–water partition coefficient (Wildman–Crippen LogP) is 1.06. The monoisotopic (exact) mass is 199 g/mol. The first-order valence-corrected chi connectivity index (χ1v) is 3.70. The highest BCUT2D eigenvalue weighted by molar-refractivity contribution is 5.45. The summed E-state index contributed by atoms with van der Waals surface area (Å²) in [6.45, 7) is -0.261. The van der Waals surface area contributed by atoms with Crippen molar-refractivity contribution in [1.82, 2.24) is 4.98 Å². The summed E-state index contributed by atoms with van der Waals surface area (Å²) in [5.41, 5.74) is 4.06. The quantitative estimate of drug-likeness (QED) is 0.745. The van der Waals surface area contributed by atoms with Gasteiger partial charge in [-0.05, 0) is 0 Å². The Morgan fingerprint density at radius 2 is 2.29 bits per heavy atom. The molecule has 14 heavy (non-hydrogen) atoms. The number of pyridine rings is 1. The van der Waals surface area contributed by atoms with Crippen molar-refractivity contribution in [3.05, 3.63) is 23.0 Å². The number of hydrogen-bond acceptors (Lipinski definition) is 4. The number of aromatic hydroxyl groups is 1. The summed E-state index contributed by atoms with van der Waals surface area (Å²) in [6, 6.07) is 1.52. The number of hydrogen-bond donors (Lipinski definition) is 2. The highest BCUT2D eigenvalue weighted by Crippen LogP contribution is 2.30. The van der Waals surface area contributed by atoms with Crippen LogP contribution in [0, 0.1) is 11.3 Å². The first kappa shape index (κ1) is 10.3. The smallest absolute Gasteiger partial charge is 0.267 e. The molecule has 0 saturated heterocycles. The van der Waals surface area contributed by atoms with Crippen LogP contribution in [0.15, 0.2) is 6.20 Å². The molecule has 4 nitrogen and oxygen atoms in total. The SMILES string of the molecule is N#Cc1ncc(O)c(CN)c1C(F)F. The van der Waals surface area contributed by atoms with Gasteiger partial charge in [-0.2, -0.15) is 5.26 Å². The summed E-state index contributed by atoms with van der Waals surface area (Å²) in [4.78, 5) is 3.38. The molecule has 0 bridgehead atoms. The molecule has 0 radical (unpaired) electrons. The zero-order valence-corrected chi connectivity index (χ0v) is 7.04. The van der Waals surface area contributed by atoms with Gasteiger partial charge in [0.05, 0.1) is 11.8 Å². The van der Waals surface area contributed by atoms with E-state index in [-0.39, 0.29) is 12.1 Å². The van der Waals surface area contributed by atoms with E-state index in [4.69, 9.17) is 11.0 Å². The average Bonchev–Trinajstić information content (AvgIpc) is 2.17. The van der Waals surface area contributed by atoms with Crippen molar-refractivity contribution in [3.63, 3.8) is 0 Å². The number of halogens is 2. The number of nitriles is 1. The third kappa shape index (κ3) is 1.63. The molecule has 0 spiro atoms. The first-order valence-electron chi connectivity index (χ1n) is 3.70. The molecule has 0 aliphatic rings. The lowest BCUT2D eigenvalue weighted by Gasteiger charge is -2.09. The summed E-state index contributed by atoms with van der Waals surface area (Å²) in [5, 5.41) is 17.7. The van der Waals surface area contributed by atoms with Gasteiger partial charge in [0, 0.05) is 12.1 Å². The van der Waals surface area contributed by atoms with Gasteiger partial charge in [0.1, 0.15) is 17.5 Å². The van der Waals surface area contributed by atoms with Crippen LogP contribution in [0.5, 0.6) is 5.75 Å². The van der Waals surface area contributed by atoms with Gasteiger partial charge in [-0.3, -0.25) is 0 Å². The molecule has 6 heteroatoms. The van der Waals surface area contributed by atoms with Crippen molar-refractivity contribution in [2.24, 2.45) is 5.73 Å². The van der Waals surface area contributed by atoms with E-state index in [0.717, 1.165) is 6.20 Å². The van der Waals surface area contributed by atoms with Crippen LogP contribution >= 0.6 is 0 Å². The van der Waals surface area contributed by atoms with E-state index in [1.165, 1.54) is 6.07 Å². The molecule has 0 aliphatic heterocycles. The fraction of sp³-hybridized carbons (Fsp3) is 0.250. The zero-order valence-electron chi connectivity index (χ0n) is 7.04. The van der Waals surface area contributed by atoms with E-state index in [1.807, 2.05) is 0 Å². The van der Waals surface area contributed by atoms with Gasteiger partial charge in [0.15, 0.2) is 0 Å². The van der Waals surface area contributed by atoms with Gasteiger partial charge in [-0.1, -0.05) is 0 Å². The van der Waals surface area contributed by atoms with Crippen molar-refractivity contribution in [1.29, 1.82) is 5.26 Å². The molecule has 0 unspecified atom stereocenters. The summed E-state index contributed by atoms with van der Waals surface area (Å²) < 4.78 is 25.0. The largest absolute Gasteiger partial charge is 0.506 e. The number of nitrogens with zero attached hydrogens (tertiary/aromatic N) is 2. The molecule has 1 aromatic heterocycles. The van der Waals surface area contributed by atoms with Gasteiger partial charge in [-0.15, -0.1) is 0 Å². The Morgan fingerprint density at radius 1 is 1.64 bits per heavy atom. The summed E-state index contributed by atoms with van der Waals surface area (Å²) in [7, 11) is 0. The van der Waals surface area contributed by atoms with Gasteiger partial charge in [0.25, 0.3) is 6.43 Å². The Bertz CT molecular complexity index is 387. The molecule has 1 heterocycles. The maximum atomic E-state index is 12.5. The molecule has 74 valence electrons. The number of alkyl halides is 2. The van der Waals surface area contributed by atoms with Gasteiger partial charge < -0.3 is 10.8 Å². The molecule has 3 N–H and O–H groups in total. The van der Waals surface area contributed by atoms with E-state index in [9.17, 15) is 13.9 Å². The molecule has 0 atom stereocenters. The van der Waals surface area contributed by atoms with Crippen LogP contribution in [0.2, 0.25) is 0 Å². The standard InChI is InChI=1S/C8H7F2N3O/c9-8(10)7-4(1-11)6(14)3-13-5(7)2-12/h3,8,14H,1,11H2. The lowest BCUT2D eigenvalue weighted by molar-refractivity contribution is 0.149. The Kier molecular flexibility index (Phi) is 2.94. The highest BCUT2D eigenvalue weighted by atomic mass is 19.3. The maximum Gasteiger partial charge on any atom is 0.267 e. The molecule has 1 rings (SSSR count). The molecule has 0 aliphatic carbocycles. The number of nitrogens with two attached hydrogens (primary N) is 1. The van der Waals surface area contributed by atoms with Crippen LogP contribution in [-0.4, -0.2) is 10.1 Å². The Labute approximate surface area is 78.6 Å². The maximum absolute atomic E-state index is 12.5. The second-order valence-corrected chi connectivity index (χ2v) is 2.50. The van der Waals surface area contributed by atoms with Gasteiger partial charge >= 0.3 is 0 Å². The highest BCUT2D eigenvalue weighted by Gasteiger charge is 2.21. The van der Waals surface area contributed by atoms with Crippen LogP contribution < -0.4 is 5.73 Å². The fourth-order valence-electron chi connectivity index (χ4n) is 1.09. The van der Waals surface area contributed by atoms with Crippen molar-refractivity contribution in [3.8, 4) is 11.8 Å². The fourth-order valence-corrected chi connectivity index (χ4v) is 1.09. The Morgan fingerprint density at radius 3 is 2.71 bits per heavy atom. The third-order valence-electron chi connectivity index (χ3n) is 1.73. The predicted molar refractivity (Wildman–Crippen MR) is 43.5 cm³/mol. The van der Waals surface area contributed by atoms with Gasteiger partial charge in [0.2, 0.25) is 0 Å². The van der Waals surface area contributed by atoms with Crippen LogP contribution in [0.4, 0.5) is 8.78 Å². The van der Waals surface area contributed by atoms with Crippen molar-refractivity contribution in [2.75, 3.05) is 0 Å². The van der Waals surface area contributed by atoms with E-state index in [1.54, 1.807) is 0 Å².